The molecule has 0 radical (unpaired) electrons. The predicted molar refractivity (Wildman–Crippen MR) is 68.7 cm³/mol. The number of hydrogen-bond acceptors (Lipinski definition) is 3. The van der Waals surface area contributed by atoms with Crippen molar-refractivity contribution in [3.63, 3.8) is 0 Å². The molecule has 1 aromatic rings. The lowest BCUT2D eigenvalue weighted by atomic mass is 10.2. The van der Waals surface area contributed by atoms with Gasteiger partial charge in [0.05, 0.1) is 5.69 Å². The van der Waals surface area contributed by atoms with Gasteiger partial charge in [-0.3, -0.25) is 0 Å². The highest BCUT2D eigenvalue weighted by atomic mass is 15.3. The predicted octanol–water partition coefficient (Wildman–Crippen LogP) is 1.63. The molecule has 0 atom stereocenters. The van der Waals surface area contributed by atoms with E-state index in [1.165, 1.54) is 0 Å². The molecule has 0 spiro atoms. The number of hydrogen-bond donors (Lipinski definition) is 1. The Morgan fingerprint density at radius 1 is 1.50 bits per heavy atom. The summed E-state index contributed by atoms with van der Waals surface area (Å²) in [4.78, 5) is 6.75. The molecule has 0 aliphatic rings. The maximum absolute atomic E-state index is 5.53. The van der Waals surface area contributed by atoms with Crippen LogP contribution in [0.5, 0.6) is 0 Å². The van der Waals surface area contributed by atoms with Gasteiger partial charge < -0.3 is 15.2 Å². The highest BCUT2D eigenvalue weighted by Crippen LogP contribution is 2.15. The van der Waals surface area contributed by atoms with Crippen LogP contribution in [0.2, 0.25) is 0 Å². The van der Waals surface area contributed by atoms with Gasteiger partial charge in [-0.1, -0.05) is 13.8 Å². The molecule has 1 aromatic heterocycles. The van der Waals surface area contributed by atoms with Crippen LogP contribution in [-0.2, 0) is 6.54 Å². The molecule has 0 aromatic carbocycles. The van der Waals surface area contributed by atoms with Crippen LogP contribution in [0.25, 0.3) is 0 Å². The quantitative estimate of drug-likeness (QED) is 0.799. The van der Waals surface area contributed by atoms with Crippen LogP contribution >= 0.6 is 0 Å². The smallest absolute Gasteiger partial charge is 0.205 e. The number of anilines is 1. The van der Waals surface area contributed by atoms with Crippen molar-refractivity contribution in [3.05, 3.63) is 11.9 Å². The number of nitrogens with zero attached hydrogens (tertiary/aromatic N) is 3. The zero-order valence-corrected chi connectivity index (χ0v) is 10.9. The van der Waals surface area contributed by atoms with E-state index in [0.717, 1.165) is 37.7 Å². The van der Waals surface area contributed by atoms with Gasteiger partial charge in [0.1, 0.15) is 0 Å². The molecule has 4 heteroatoms. The molecule has 2 N–H and O–H groups in total. The molecule has 0 unspecified atom stereocenters. The van der Waals surface area contributed by atoms with Crippen molar-refractivity contribution in [2.24, 2.45) is 11.7 Å². The van der Waals surface area contributed by atoms with E-state index in [1.807, 2.05) is 6.92 Å². The van der Waals surface area contributed by atoms with Crippen molar-refractivity contribution < 1.29 is 0 Å². The summed E-state index contributed by atoms with van der Waals surface area (Å²) in [6.07, 6.45) is 3.12. The highest BCUT2D eigenvalue weighted by molar-refractivity contribution is 5.32. The lowest BCUT2D eigenvalue weighted by Gasteiger charge is -2.20. The maximum atomic E-state index is 5.53. The van der Waals surface area contributed by atoms with Crippen LogP contribution < -0.4 is 10.6 Å². The summed E-state index contributed by atoms with van der Waals surface area (Å²) in [5.41, 5.74) is 6.60. The van der Waals surface area contributed by atoms with E-state index in [1.54, 1.807) is 0 Å². The zero-order chi connectivity index (χ0) is 12.1. The summed E-state index contributed by atoms with van der Waals surface area (Å²) in [5.74, 6) is 1.69. The van der Waals surface area contributed by atoms with Crippen LogP contribution in [0.4, 0.5) is 5.95 Å². The van der Waals surface area contributed by atoms with E-state index in [4.69, 9.17) is 5.73 Å². The van der Waals surface area contributed by atoms with Crippen LogP contribution in [-0.4, -0.2) is 29.7 Å². The Balaban J connectivity index is 2.76. The van der Waals surface area contributed by atoms with Crippen molar-refractivity contribution in [3.8, 4) is 0 Å². The fourth-order valence-electron chi connectivity index (χ4n) is 1.79. The van der Waals surface area contributed by atoms with Crippen LogP contribution in [0.15, 0.2) is 6.20 Å². The second kappa shape index (κ2) is 5.89. The van der Waals surface area contributed by atoms with Gasteiger partial charge in [-0.25, -0.2) is 4.98 Å². The molecular formula is C12H24N4. The Labute approximate surface area is 98.5 Å². The minimum absolute atomic E-state index is 0.634. The Morgan fingerprint density at radius 2 is 2.19 bits per heavy atom. The first-order valence-electron chi connectivity index (χ1n) is 5.99. The van der Waals surface area contributed by atoms with E-state index in [2.05, 4.69) is 41.5 Å². The molecule has 0 bridgehead atoms. The van der Waals surface area contributed by atoms with Crippen molar-refractivity contribution >= 4 is 5.95 Å². The number of rotatable bonds is 6. The van der Waals surface area contributed by atoms with E-state index in [9.17, 15) is 0 Å². The van der Waals surface area contributed by atoms with Gasteiger partial charge >= 0.3 is 0 Å². The summed E-state index contributed by atoms with van der Waals surface area (Å²) >= 11 is 0. The van der Waals surface area contributed by atoms with Crippen molar-refractivity contribution in [1.82, 2.24) is 9.55 Å². The Kier molecular flexibility index (Phi) is 4.80. The molecule has 4 nitrogen and oxygen atoms in total. The third-order valence-electron chi connectivity index (χ3n) is 2.48. The summed E-state index contributed by atoms with van der Waals surface area (Å²) in [5, 5.41) is 0. The SMILES string of the molecule is Cc1cn(CC(C)C)c(N(C)CCCN)n1. The normalized spacial score (nSPS) is 11.1. The van der Waals surface area contributed by atoms with Crippen molar-refractivity contribution in [2.45, 2.75) is 33.7 Å². The first-order valence-corrected chi connectivity index (χ1v) is 5.99. The lowest BCUT2D eigenvalue weighted by molar-refractivity contribution is 0.520. The fraction of sp³-hybridized carbons (Fsp3) is 0.750. The molecule has 0 aliphatic heterocycles. The van der Waals surface area contributed by atoms with E-state index < -0.39 is 0 Å². The topological polar surface area (TPSA) is 47.1 Å². The Hall–Kier alpha value is -1.03. The van der Waals surface area contributed by atoms with Crippen molar-refractivity contribution in [2.75, 3.05) is 25.0 Å². The molecule has 0 aliphatic carbocycles. The van der Waals surface area contributed by atoms with Gasteiger partial charge in [-0.05, 0) is 25.8 Å². The molecule has 0 saturated carbocycles. The number of aryl methyl sites for hydroxylation is 1. The average Bonchev–Trinajstić information content (AvgIpc) is 2.55. The molecule has 92 valence electrons. The van der Waals surface area contributed by atoms with Crippen LogP contribution in [0.1, 0.15) is 26.0 Å². The van der Waals surface area contributed by atoms with Gasteiger partial charge in [-0.15, -0.1) is 0 Å². The van der Waals surface area contributed by atoms with E-state index >= 15 is 0 Å². The van der Waals surface area contributed by atoms with Crippen LogP contribution in [0, 0.1) is 12.8 Å². The third-order valence-corrected chi connectivity index (χ3v) is 2.48. The largest absolute Gasteiger partial charge is 0.345 e. The van der Waals surface area contributed by atoms with E-state index in [0.29, 0.717) is 5.92 Å². The fourth-order valence-corrected chi connectivity index (χ4v) is 1.79. The minimum atomic E-state index is 0.634. The van der Waals surface area contributed by atoms with Gasteiger partial charge in [0.25, 0.3) is 0 Å². The summed E-state index contributed by atoms with van der Waals surface area (Å²) in [6, 6.07) is 0. The molecule has 0 amide bonds. The Bertz CT molecular complexity index is 317. The number of aromatic nitrogens is 2. The average molecular weight is 224 g/mol. The second-order valence-electron chi connectivity index (χ2n) is 4.79. The van der Waals surface area contributed by atoms with Gasteiger partial charge in [0.15, 0.2) is 0 Å². The summed E-state index contributed by atoms with van der Waals surface area (Å²) < 4.78 is 2.23. The zero-order valence-electron chi connectivity index (χ0n) is 10.9. The summed E-state index contributed by atoms with van der Waals surface area (Å²) in [7, 11) is 2.08. The number of imidazole rings is 1. The molecule has 16 heavy (non-hydrogen) atoms. The minimum Gasteiger partial charge on any atom is -0.345 e. The van der Waals surface area contributed by atoms with Gasteiger partial charge in [-0.2, -0.15) is 0 Å². The third kappa shape index (κ3) is 3.52. The molecule has 1 rings (SSSR count). The van der Waals surface area contributed by atoms with Gasteiger partial charge in [0, 0.05) is 26.3 Å². The summed E-state index contributed by atoms with van der Waals surface area (Å²) in [6.45, 7) is 9.19. The monoisotopic (exact) mass is 224 g/mol. The molecule has 1 heterocycles. The second-order valence-corrected chi connectivity index (χ2v) is 4.79. The maximum Gasteiger partial charge on any atom is 0.205 e. The molecule has 0 saturated heterocycles. The van der Waals surface area contributed by atoms with Gasteiger partial charge in [0.2, 0.25) is 5.95 Å². The standard InChI is InChI=1S/C12H24N4/c1-10(2)8-16-9-11(3)14-12(16)15(4)7-5-6-13/h9-10H,5-8,13H2,1-4H3. The van der Waals surface area contributed by atoms with E-state index in [-0.39, 0.29) is 0 Å². The molecular weight excluding hydrogens is 200 g/mol. The van der Waals surface area contributed by atoms with Crippen LogP contribution in [0.3, 0.4) is 0 Å². The van der Waals surface area contributed by atoms with Crippen molar-refractivity contribution in [1.29, 1.82) is 0 Å². The Morgan fingerprint density at radius 3 is 2.75 bits per heavy atom. The first kappa shape index (κ1) is 13.0. The number of nitrogens with two attached hydrogens (primary N) is 1. The first-order chi connectivity index (χ1) is 7.54. The highest BCUT2D eigenvalue weighted by Gasteiger charge is 2.10. The molecule has 0 fully saturated rings. The lowest BCUT2D eigenvalue weighted by Crippen LogP contribution is -2.25.